The maximum absolute atomic E-state index is 5.35. The lowest BCUT2D eigenvalue weighted by atomic mass is 9.67. The van der Waals surface area contributed by atoms with Crippen molar-refractivity contribution in [2.75, 3.05) is 0 Å². The first-order chi connectivity index (χ1) is 26.0. The van der Waals surface area contributed by atoms with Crippen molar-refractivity contribution in [3.63, 3.8) is 0 Å². The van der Waals surface area contributed by atoms with E-state index in [0.717, 1.165) is 16.7 Å². The van der Waals surface area contributed by atoms with Gasteiger partial charge in [-0.05, 0) is 67.8 Å². The highest BCUT2D eigenvalue weighted by atomic mass is 32.2. The molecule has 1 aromatic heterocycles. The summed E-state index contributed by atoms with van der Waals surface area (Å²) in [6.07, 6.45) is 0. The van der Waals surface area contributed by atoms with Gasteiger partial charge in [0.1, 0.15) is 0 Å². The van der Waals surface area contributed by atoms with Crippen LogP contribution in [-0.2, 0) is 10.8 Å². The van der Waals surface area contributed by atoms with E-state index in [1.807, 2.05) is 30.0 Å². The first-order valence-corrected chi connectivity index (χ1v) is 19.0. The van der Waals surface area contributed by atoms with Gasteiger partial charge in [-0.15, -0.1) is 0 Å². The Morgan fingerprint density at radius 2 is 0.887 bits per heavy atom. The fourth-order valence-corrected chi connectivity index (χ4v) is 10.5. The van der Waals surface area contributed by atoms with Crippen LogP contribution in [0, 0.1) is 0 Å². The van der Waals surface area contributed by atoms with Gasteiger partial charge in [0.25, 0.3) is 0 Å². The van der Waals surface area contributed by atoms with E-state index < -0.39 is 5.41 Å². The monoisotopic (exact) mass is 695 g/mol. The second kappa shape index (κ2) is 11.2. The van der Waals surface area contributed by atoms with E-state index in [9.17, 15) is 0 Å². The van der Waals surface area contributed by atoms with Crippen LogP contribution in [0.25, 0.3) is 56.4 Å². The van der Waals surface area contributed by atoms with Crippen LogP contribution >= 0.6 is 11.8 Å². The zero-order valence-corrected chi connectivity index (χ0v) is 30.2. The Morgan fingerprint density at radius 1 is 0.377 bits per heavy atom. The molecule has 0 amide bonds. The third-order valence-corrected chi connectivity index (χ3v) is 12.8. The number of benzene rings is 7. The Hall–Kier alpha value is -6.10. The number of hydrogen-bond donors (Lipinski definition) is 0. The summed E-state index contributed by atoms with van der Waals surface area (Å²) in [4.78, 5) is 18.2. The van der Waals surface area contributed by atoms with Crippen molar-refractivity contribution in [3.05, 3.63) is 197 Å². The topological polar surface area (TPSA) is 38.7 Å². The van der Waals surface area contributed by atoms with Crippen molar-refractivity contribution in [3.8, 4) is 56.4 Å². The molecule has 0 saturated carbocycles. The number of fused-ring (bicyclic) bond motifs is 12. The molecule has 11 rings (SSSR count). The number of rotatable bonds is 3. The van der Waals surface area contributed by atoms with Crippen LogP contribution in [0.1, 0.15) is 47.2 Å². The molecule has 0 fully saturated rings. The molecule has 2 heterocycles. The van der Waals surface area contributed by atoms with Gasteiger partial charge in [0.2, 0.25) is 0 Å². The Labute approximate surface area is 313 Å². The van der Waals surface area contributed by atoms with Crippen molar-refractivity contribution in [1.82, 2.24) is 15.0 Å². The lowest BCUT2D eigenvalue weighted by Gasteiger charge is -2.40. The fourth-order valence-electron chi connectivity index (χ4n) is 9.24. The zero-order valence-electron chi connectivity index (χ0n) is 29.3. The van der Waals surface area contributed by atoms with E-state index in [-0.39, 0.29) is 5.41 Å². The quantitative estimate of drug-likeness (QED) is 0.184. The molecule has 0 N–H and O–H groups in total. The summed E-state index contributed by atoms with van der Waals surface area (Å²) >= 11 is 1.83. The molecule has 250 valence electrons. The Balaban J connectivity index is 1.16. The van der Waals surface area contributed by atoms with Gasteiger partial charge in [-0.1, -0.05) is 177 Å². The third kappa shape index (κ3) is 4.21. The number of hydrogen-bond acceptors (Lipinski definition) is 4. The molecule has 0 bridgehead atoms. The molecule has 3 aliphatic rings. The lowest BCUT2D eigenvalue weighted by Crippen LogP contribution is -2.32. The minimum atomic E-state index is -0.473. The molecule has 0 saturated heterocycles. The Kier molecular flexibility index (Phi) is 6.45. The summed E-state index contributed by atoms with van der Waals surface area (Å²) < 4.78 is 0. The van der Waals surface area contributed by atoms with Gasteiger partial charge in [0, 0.05) is 31.9 Å². The maximum atomic E-state index is 5.35. The normalized spacial score (nSPS) is 14.8. The van der Waals surface area contributed by atoms with Crippen LogP contribution in [0.3, 0.4) is 0 Å². The summed E-state index contributed by atoms with van der Waals surface area (Å²) in [5, 5.41) is 0. The molecule has 0 unspecified atom stereocenters. The lowest BCUT2D eigenvalue weighted by molar-refractivity contribution is 0.660. The summed E-state index contributed by atoms with van der Waals surface area (Å²) in [6, 6.07) is 59.3. The minimum Gasteiger partial charge on any atom is -0.208 e. The highest BCUT2D eigenvalue weighted by Crippen LogP contribution is 2.63. The molecule has 0 radical (unpaired) electrons. The van der Waals surface area contributed by atoms with Gasteiger partial charge < -0.3 is 0 Å². The van der Waals surface area contributed by atoms with E-state index in [1.165, 1.54) is 65.4 Å². The largest absolute Gasteiger partial charge is 0.208 e. The van der Waals surface area contributed by atoms with E-state index in [0.29, 0.717) is 17.5 Å². The molecule has 53 heavy (non-hydrogen) atoms. The smallest absolute Gasteiger partial charge is 0.165 e. The van der Waals surface area contributed by atoms with E-state index >= 15 is 0 Å². The Bertz CT molecular complexity index is 2760. The van der Waals surface area contributed by atoms with Gasteiger partial charge in [-0.3, -0.25) is 0 Å². The van der Waals surface area contributed by atoms with Gasteiger partial charge in [0.05, 0.1) is 5.41 Å². The summed E-state index contributed by atoms with van der Waals surface area (Å²) in [6.45, 7) is 4.63. The standard InChI is InChI=1S/C49H33N3S/c1-48(2)37-21-9-6-17-32(37)35-28-27-31(29-42(35)48)46-50-45(30-15-4-3-5-16-30)51-47(52-46)36-20-14-25-41-44(36)53-43-26-13-12-24-40(43)49(41)38-22-10-7-18-33(38)34-19-8-11-23-39(34)49/h3-29H,1-2H3. The molecule has 1 aliphatic heterocycles. The Morgan fingerprint density at radius 3 is 1.60 bits per heavy atom. The predicted molar refractivity (Wildman–Crippen MR) is 215 cm³/mol. The second-order valence-corrected chi connectivity index (χ2v) is 15.8. The molecule has 1 spiro atoms. The first-order valence-electron chi connectivity index (χ1n) is 18.2. The molecular weight excluding hydrogens is 663 g/mol. The van der Waals surface area contributed by atoms with Crippen LogP contribution in [0.2, 0.25) is 0 Å². The molecule has 4 heteroatoms. The minimum absolute atomic E-state index is 0.134. The van der Waals surface area contributed by atoms with Crippen molar-refractivity contribution < 1.29 is 0 Å². The zero-order chi connectivity index (χ0) is 35.3. The average Bonchev–Trinajstić information content (AvgIpc) is 3.63. The SMILES string of the molecule is CC1(C)c2ccccc2-c2ccc(-c3nc(-c4ccccc4)nc(-c4cccc5c4Sc4ccccc4C54c5ccccc5-c5ccccc54)n3)cc21. The molecule has 7 aromatic carbocycles. The van der Waals surface area contributed by atoms with Crippen molar-refractivity contribution >= 4 is 11.8 Å². The van der Waals surface area contributed by atoms with Gasteiger partial charge in [-0.25, -0.2) is 15.0 Å². The third-order valence-electron chi connectivity index (χ3n) is 11.6. The van der Waals surface area contributed by atoms with Crippen molar-refractivity contribution in [2.24, 2.45) is 0 Å². The fraction of sp³-hybridized carbons (Fsp3) is 0.0816. The molecule has 3 nitrogen and oxygen atoms in total. The summed E-state index contributed by atoms with van der Waals surface area (Å²) in [5.74, 6) is 2.02. The molecular formula is C49H33N3S. The van der Waals surface area contributed by atoms with Gasteiger partial charge in [0.15, 0.2) is 17.5 Å². The van der Waals surface area contributed by atoms with Crippen LogP contribution in [0.4, 0.5) is 0 Å². The highest BCUT2D eigenvalue weighted by molar-refractivity contribution is 7.99. The average molecular weight is 696 g/mol. The van der Waals surface area contributed by atoms with Crippen molar-refractivity contribution in [2.45, 2.75) is 34.5 Å². The molecule has 0 atom stereocenters. The number of aromatic nitrogens is 3. The molecule has 2 aliphatic carbocycles. The maximum Gasteiger partial charge on any atom is 0.165 e. The van der Waals surface area contributed by atoms with Crippen LogP contribution in [-0.4, -0.2) is 15.0 Å². The van der Waals surface area contributed by atoms with E-state index in [1.54, 1.807) is 0 Å². The summed E-state index contributed by atoms with van der Waals surface area (Å²) in [5.41, 5.74) is 15.4. The van der Waals surface area contributed by atoms with Crippen LogP contribution in [0.15, 0.2) is 174 Å². The van der Waals surface area contributed by atoms with E-state index in [2.05, 4.69) is 159 Å². The molecule has 8 aromatic rings. The highest BCUT2D eigenvalue weighted by Gasteiger charge is 2.50. The van der Waals surface area contributed by atoms with Crippen molar-refractivity contribution in [1.29, 1.82) is 0 Å². The van der Waals surface area contributed by atoms with E-state index in [4.69, 9.17) is 15.0 Å². The first kappa shape index (κ1) is 30.5. The number of nitrogens with zero attached hydrogens (tertiary/aromatic N) is 3. The van der Waals surface area contributed by atoms with Gasteiger partial charge in [-0.2, -0.15) is 0 Å². The van der Waals surface area contributed by atoms with Gasteiger partial charge >= 0.3 is 0 Å². The van der Waals surface area contributed by atoms with Crippen LogP contribution in [0.5, 0.6) is 0 Å². The predicted octanol–water partition coefficient (Wildman–Crippen LogP) is 12.0. The van der Waals surface area contributed by atoms with Crippen LogP contribution < -0.4 is 0 Å². The second-order valence-electron chi connectivity index (χ2n) is 14.7. The summed E-state index contributed by atoms with van der Waals surface area (Å²) in [7, 11) is 0.